The van der Waals surface area contributed by atoms with Crippen molar-refractivity contribution in [1.82, 2.24) is 4.57 Å². The van der Waals surface area contributed by atoms with Crippen molar-refractivity contribution in [3.05, 3.63) is 59.4 Å². The Morgan fingerprint density at radius 1 is 1.21 bits per heavy atom. The fourth-order valence-electron chi connectivity index (χ4n) is 2.45. The molecule has 2 rings (SSSR count). The molecule has 3 nitrogen and oxygen atoms in total. The largest absolute Gasteiger partial charge is 0.464 e. The minimum absolute atomic E-state index is 0.214. The molecule has 2 aromatic rings. The van der Waals surface area contributed by atoms with Crippen LogP contribution in [0.1, 0.15) is 34.7 Å². The maximum atomic E-state index is 11.8. The van der Waals surface area contributed by atoms with E-state index in [0.717, 1.165) is 12.1 Å². The van der Waals surface area contributed by atoms with Crippen molar-refractivity contribution >= 4 is 5.97 Å². The number of hydrogen-bond acceptors (Lipinski definition) is 2. The highest BCUT2D eigenvalue weighted by Crippen LogP contribution is 2.20. The number of benzene rings is 1. The number of methoxy groups -OCH3 is 1. The van der Waals surface area contributed by atoms with Gasteiger partial charge in [0.05, 0.1) is 7.11 Å². The molecule has 19 heavy (non-hydrogen) atoms. The Morgan fingerprint density at radius 3 is 2.53 bits per heavy atom. The number of esters is 1. The summed E-state index contributed by atoms with van der Waals surface area (Å²) in [5.74, 6) is -0.284. The second-order valence-corrected chi connectivity index (χ2v) is 4.76. The van der Waals surface area contributed by atoms with Crippen LogP contribution in [0.3, 0.4) is 0 Å². The van der Waals surface area contributed by atoms with Gasteiger partial charge in [-0.1, -0.05) is 30.3 Å². The monoisotopic (exact) mass is 257 g/mol. The maximum Gasteiger partial charge on any atom is 0.354 e. The van der Waals surface area contributed by atoms with Crippen LogP contribution in [-0.2, 0) is 11.2 Å². The van der Waals surface area contributed by atoms with E-state index in [9.17, 15) is 4.79 Å². The van der Waals surface area contributed by atoms with Gasteiger partial charge in [0.1, 0.15) is 5.69 Å². The van der Waals surface area contributed by atoms with Gasteiger partial charge in [0.2, 0.25) is 0 Å². The number of hydrogen-bond donors (Lipinski definition) is 0. The topological polar surface area (TPSA) is 31.2 Å². The van der Waals surface area contributed by atoms with Crippen LogP contribution < -0.4 is 0 Å². The van der Waals surface area contributed by atoms with Gasteiger partial charge in [-0.25, -0.2) is 4.79 Å². The third-order valence-electron chi connectivity index (χ3n) is 3.33. The van der Waals surface area contributed by atoms with Gasteiger partial charge >= 0.3 is 5.97 Å². The van der Waals surface area contributed by atoms with E-state index in [1.165, 1.54) is 12.7 Å². The van der Waals surface area contributed by atoms with Gasteiger partial charge in [-0.3, -0.25) is 0 Å². The predicted octanol–water partition coefficient (Wildman–Crippen LogP) is 3.39. The maximum absolute atomic E-state index is 11.8. The fourth-order valence-corrected chi connectivity index (χ4v) is 2.45. The van der Waals surface area contributed by atoms with E-state index in [0.29, 0.717) is 5.69 Å². The molecule has 1 atom stereocenters. The molecule has 3 heteroatoms. The van der Waals surface area contributed by atoms with Crippen molar-refractivity contribution in [3.8, 4) is 0 Å². The summed E-state index contributed by atoms with van der Waals surface area (Å²) in [5, 5.41) is 0. The molecule has 0 saturated carbocycles. The lowest BCUT2D eigenvalue weighted by atomic mass is 10.1. The summed E-state index contributed by atoms with van der Waals surface area (Å²) in [5.41, 5.74) is 2.95. The minimum Gasteiger partial charge on any atom is -0.464 e. The highest BCUT2D eigenvalue weighted by atomic mass is 16.5. The summed E-state index contributed by atoms with van der Waals surface area (Å²) in [6.45, 7) is 4.13. The van der Waals surface area contributed by atoms with Crippen LogP contribution in [0.25, 0.3) is 0 Å². The second-order valence-electron chi connectivity index (χ2n) is 4.76. The van der Waals surface area contributed by atoms with Gasteiger partial charge in [-0.2, -0.15) is 0 Å². The number of carbonyl (C=O) groups is 1. The highest BCUT2D eigenvalue weighted by Gasteiger charge is 2.17. The average Bonchev–Trinajstić information content (AvgIpc) is 2.81. The molecule has 0 radical (unpaired) electrons. The molecule has 1 unspecified atom stereocenters. The van der Waals surface area contributed by atoms with Crippen molar-refractivity contribution in [2.45, 2.75) is 26.3 Å². The molecule has 0 N–H and O–H groups in total. The van der Waals surface area contributed by atoms with E-state index >= 15 is 0 Å². The van der Waals surface area contributed by atoms with Crippen LogP contribution in [0.4, 0.5) is 0 Å². The molecule has 0 fully saturated rings. The van der Waals surface area contributed by atoms with E-state index in [4.69, 9.17) is 4.74 Å². The van der Waals surface area contributed by atoms with Crippen LogP contribution in [0.2, 0.25) is 0 Å². The molecule has 1 heterocycles. The molecule has 100 valence electrons. The highest BCUT2D eigenvalue weighted by molar-refractivity contribution is 5.87. The Balaban J connectivity index is 2.26. The third-order valence-corrected chi connectivity index (χ3v) is 3.33. The van der Waals surface area contributed by atoms with Crippen LogP contribution >= 0.6 is 0 Å². The number of aryl methyl sites for hydroxylation is 1. The van der Waals surface area contributed by atoms with Gasteiger partial charge in [0.15, 0.2) is 0 Å². The molecule has 0 saturated heterocycles. The molecule has 0 aliphatic rings. The summed E-state index contributed by atoms with van der Waals surface area (Å²) in [6, 6.07) is 14.3. The van der Waals surface area contributed by atoms with E-state index in [1.54, 1.807) is 0 Å². The first-order valence-corrected chi connectivity index (χ1v) is 6.43. The number of aromatic nitrogens is 1. The molecular formula is C16H19NO2. The summed E-state index contributed by atoms with van der Waals surface area (Å²) in [6.07, 6.45) is 0.889. The Morgan fingerprint density at radius 2 is 1.89 bits per heavy atom. The standard InChI is InChI=1S/C16H19NO2/c1-12-9-10-15(16(18)19-3)17(12)13(2)11-14-7-5-4-6-8-14/h4-10,13H,11H2,1-3H3. The molecule has 0 aliphatic carbocycles. The number of carbonyl (C=O) groups excluding carboxylic acids is 1. The number of rotatable bonds is 4. The van der Waals surface area contributed by atoms with Gasteiger partial charge in [-0.05, 0) is 38.0 Å². The lowest BCUT2D eigenvalue weighted by molar-refractivity contribution is 0.0586. The SMILES string of the molecule is COC(=O)c1ccc(C)n1C(C)Cc1ccccc1. The Kier molecular flexibility index (Phi) is 4.05. The van der Waals surface area contributed by atoms with Crippen LogP contribution in [0.15, 0.2) is 42.5 Å². The molecule has 0 amide bonds. The van der Waals surface area contributed by atoms with E-state index in [1.807, 2.05) is 41.8 Å². The number of ether oxygens (including phenoxy) is 1. The van der Waals surface area contributed by atoms with E-state index in [2.05, 4.69) is 19.1 Å². The van der Waals surface area contributed by atoms with Gasteiger partial charge < -0.3 is 9.30 Å². The molecule has 0 aliphatic heterocycles. The van der Waals surface area contributed by atoms with Gasteiger partial charge in [0.25, 0.3) is 0 Å². The van der Waals surface area contributed by atoms with Crippen molar-refractivity contribution in [2.24, 2.45) is 0 Å². The van der Waals surface area contributed by atoms with Crippen molar-refractivity contribution < 1.29 is 9.53 Å². The molecule has 1 aromatic heterocycles. The third kappa shape index (κ3) is 2.87. The van der Waals surface area contributed by atoms with Crippen molar-refractivity contribution in [2.75, 3.05) is 7.11 Å². The minimum atomic E-state index is -0.284. The molecule has 0 bridgehead atoms. The second kappa shape index (κ2) is 5.74. The lowest BCUT2D eigenvalue weighted by Gasteiger charge is -2.19. The van der Waals surface area contributed by atoms with Crippen molar-refractivity contribution in [3.63, 3.8) is 0 Å². The molecular weight excluding hydrogens is 238 g/mol. The van der Waals surface area contributed by atoms with Crippen LogP contribution in [-0.4, -0.2) is 17.6 Å². The van der Waals surface area contributed by atoms with Gasteiger partial charge in [-0.15, -0.1) is 0 Å². The Hall–Kier alpha value is -2.03. The van der Waals surface area contributed by atoms with E-state index < -0.39 is 0 Å². The molecule has 0 spiro atoms. The Labute approximate surface area is 113 Å². The van der Waals surface area contributed by atoms with E-state index in [-0.39, 0.29) is 12.0 Å². The summed E-state index contributed by atoms with van der Waals surface area (Å²) >= 11 is 0. The molecule has 1 aromatic carbocycles. The predicted molar refractivity (Wildman–Crippen MR) is 75.4 cm³/mol. The lowest BCUT2D eigenvalue weighted by Crippen LogP contribution is -2.17. The Bertz CT molecular complexity index is 557. The summed E-state index contributed by atoms with van der Waals surface area (Å²) in [7, 11) is 1.41. The zero-order valence-corrected chi connectivity index (χ0v) is 11.6. The number of nitrogens with zero attached hydrogens (tertiary/aromatic N) is 1. The first-order chi connectivity index (χ1) is 9.13. The summed E-state index contributed by atoms with van der Waals surface area (Å²) in [4.78, 5) is 11.8. The fraction of sp³-hybridized carbons (Fsp3) is 0.312. The van der Waals surface area contributed by atoms with Gasteiger partial charge in [0, 0.05) is 11.7 Å². The smallest absolute Gasteiger partial charge is 0.354 e. The van der Waals surface area contributed by atoms with Crippen LogP contribution in [0, 0.1) is 6.92 Å². The van der Waals surface area contributed by atoms with Crippen molar-refractivity contribution in [1.29, 1.82) is 0 Å². The van der Waals surface area contributed by atoms with Crippen LogP contribution in [0.5, 0.6) is 0 Å². The zero-order valence-electron chi connectivity index (χ0n) is 11.6. The normalized spacial score (nSPS) is 12.2. The first kappa shape index (κ1) is 13.4. The average molecular weight is 257 g/mol. The quantitative estimate of drug-likeness (QED) is 0.786. The first-order valence-electron chi connectivity index (χ1n) is 6.43. The summed E-state index contributed by atoms with van der Waals surface area (Å²) < 4.78 is 6.87. The zero-order chi connectivity index (χ0) is 13.8.